The van der Waals surface area contributed by atoms with Gasteiger partial charge in [-0.3, -0.25) is 19.4 Å². The summed E-state index contributed by atoms with van der Waals surface area (Å²) in [4.78, 5) is 49.2. The lowest BCUT2D eigenvalue weighted by Crippen LogP contribution is -2.53. The van der Waals surface area contributed by atoms with E-state index in [1.54, 1.807) is 40.5 Å². The van der Waals surface area contributed by atoms with Crippen molar-refractivity contribution in [2.75, 3.05) is 38.5 Å². The number of fused-ring (bicyclic) bond motifs is 1. The van der Waals surface area contributed by atoms with E-state index in [-0.39, 0.29) is 43.3 Å². The number of aliphatic hydroxyl groups is 1. The maximum atomic E-state index is 14.6. The Morgan fingerprint density at radius 1 is 0.985 bits per heavy atom. The van der Waals surface area contributed by atoms with Gasteiger partial charge in [0, 0.05) is 92.8 Å². The number of hydrogen-bond acceptors (Lipinski definition) is 15. The van der Waals surface area contributed by atoms with Gasteiger partial charge < -0.3 is 48.5 Å². The molecule has 0 radical (unpaired) electrons. The van der Waals surface area contributed by atoms with Crippen molar-refractivity contribution in [1.29, 1.82) is 0 Å². The zero-order valence-electron chi connectivity index (χ0n) is 40.0. The number of methoxy groups -OCH3 is 2. The average Bonchev–Trinajstić information content (AvgIpc) is 3.90. The summed E-state index contributed by atoms with van der Waals surface area (Å²) >= 11 is 14.8. The summed E-state index contributed by atoms with van der Waals surface area (Å²) in [6, 6.07) is 5.97. The molecule has 1 aromatic heterocycles. The number of ketones is 1. The highest BCUT2D eigenvalue weighted by molar-refractivity contribution is 8.00. The monoisotopic (exact) mass is 979 g/mol. The molecule has 0 amide bonds. The van der Waals surface area contributed by atoms with Gasteiger partial charge in [0.15, 0.2) is 23.4 Å². The topological polar surface area (TPSA) is 164 Å². The highest BCUT2D eigenvalue weighted by Gasteiger charge is 2.61. The van der Waals surface area contributed by atoms with E-state index in [1.165, 1.54) is 11.8 Å². The Balaban J connectivity index is 1.29. The first-order valence-corrected chi connectivity index (χ1v) is 25.4. The predicted octanol–water partition coefficient (Wildman–Crippen LogP) is 8.37. The van der Waals surface area contributed by atoms with Crippen LogP contribution in [0.15, 0.2) is 30.6 Å². The highest BCUT2D eigenvalue weighted by Crippen LogP contribution is 2.49. The van der Waals surface area contributed by atoms with Gasteiger partial charge in [0.25, 0.3) is 0 Å². The number of aliphatic hydroxyl groups excluding tert-OH is 1. The van der Waals surface area contributed by atoms with Gasteiger partial charge in [-0.2, -0.15) is 0 Å². The number of pyridine rings is 1. The van der Waals surface area contributed by atoms with Crippen LogP contribution < -0.4 is 19.7 Å². The summed E-state index contributed by atoms with van der Waals surface area (Å²) in [5.74, 6) is -1.90. The van der Waals surface area contributed by atoms with E-state index in [1.807, 2.05) is 52.9 Å². The lowest BCUT2D eigenvalue weighted by Gasteiger charge is -2.43. The molecule has 4 aliphatic rings. The standard InChI is InChI=1S/C49H71Cl2N3O11S/c1-10-41-49(6)44(29(3)37(55)17-18-48(5,60-9)42(24-38(56)30(4)46(57)64-41)63-43-22-31(52-7)21-28(2)61-43)45(47(58)65-49)66-20-19-54(27-34-35(50)25-53-26-36(34)51)32-15-16-39(59-8)40(23-32)62-33-13-11-12-14-33/h15-16,23,25-26,28-31,33,38,41-45,52,56H,10-14,17-22,24,27H2,1-9H3/t28-,29?,30-,31+,38+,41-,42-,43+,44?,45?,48-,49-/m1/s1. The molecule has 12 atom stereocenters. The number of carbonyl (C=O) groups excluding carboxylic acids is 3. The molecule has 0 bridgehead atoms. The third kappa shape index (κ3) is 12.1. The molecule has 4 heterocycles. The second-order valence-corrected chi connectivity index (χ2v) is 21.0. The van der Waals surface area contributed by atoms with Crippen molar-refractivity contribution in [3.05, 3.63) is 46.2 Å². The average molecular weight is 981 g/mol. The second-order valence-electron chi connectivity index (χ2n) is 18.9. The number of ether oxygens (including phenoxy) is 7. The lowest BCUT2D eigenvalue weighted by molar-refractivity contribution is -0.255. The molecule has 66 heavy (non-hydrogen) atoms. The zero-order valence-corrected chi connectivity index (χ0v) is 42.3. The first-order chi connectivity index (χ1) is 31.4. The van der Waals surface area contributed by atoms with Gasteiger partial charge in [-0.25, -0.2) is 0 Å². The normalized spacial score (nSPS) is 33.7. The van der Waals surface area contributed by atoms with E-state index in [2.05, 4.69) is 15.2 Å². The van der Waals surface area contributed by atoms with Crippen LogP contribution in [0.1, 0.15) is 111 Å². The molecule has 1 aliphatic carbocycles. The maximum absolute atomic E-state index is 14.6. The molecule has 17 heteroatoms. The van der Waals surface area contributed by atoms with Crippen LogP contribution in [0.3, 0.4) is 0 Å². The van der Waals surface area contributed by atoms with Crippen LogP contribution in [0, 0.1) is 17.8 Å². The Morgan fingerprint density at radius 2 is 1.70 bits per heavy atom. The minimum Gasteiger partial charge on any atom is -0.493 e. The van der Waals surface area contributed by atoms with Crippen LogP contribution in [0.2, 0.25) is 10.0 Å². The van der Waals surface area contributed by atoms with Crippen LogP contribution in [-0.4, -0.2) is 121 Å². The molecule has 0 spiro atoms. The van der Waals surface area contributed by atoms with Crippen LogP contribution in [0.25, 0.3) is 0 Å². The fourth-order valence-corrected chi connectivity index (χ4v) is 12.2. The van der Waals surface area contributed by atoms with Crippen molar-refractivity contribution >= 4 is 58.4 Å². The number of anilines is 1. The number of hydrogen-bond donors (Lipinski definition) is 2. The van der Waals surface area contributed by atoms with Crippen molar-refractivity contribution < 1.29 is 52.6 Å². The van der Waals surface area contributed by atoms with Crippen LogP contribution >= 0.6 is 35.0 Å². The van der Waals surface area contributed by atoms with Crippen LogP contribution in [0.5, 0.6) is 11.5 Å². The number of esters is 2. The Bertz CT molecular complexity index is 1960. The molecule has 3 unspecified atom stereocenters. The van der Waals surface area contributed by atoms with E-state index in [9.17, 15) is 19.5 Å². The van der Waals surface area contributed by atoms with E-state index < -0.39 is 70.7 Å². The summed E-state index contributed by atoms with van der Waals surface area (Å²) < 4.78 is 43.8. The van der Waals surface area contributed by atoms with Gasteiger partial charge in [-0.15, -0.1) is 11.8 Å². The quantitative estimate of drug-likeness (QED) is 0.164. The Hall–Kier alpha value is -2.89. The summed E-state index contributed by atoms with van der Waals surface area (Å²) in [5.41, 5.74) is -0.908. The Labute approximate surface area is 405 Å². The highest BCUT2D eigenvalue weighted by atomic mass is 35.5. The van der Waals surface area contributed by atoms with Crippen LogP contribution in [0.4, 0.5) is 5.69 Å². The number of carbonyl (C=O) groups is 3. The summed E-state index contributed by atoms with van der Waals surface area (Å²) in [6.45, 7) is 11.7. The lowest BCUT2D eigenvalue weighted by atomic mass is 9.72. The predicted molar refractivity (Wildman–Crippen MR) is 255 cm³/mol. The smallest absolute Gasteiger partial charge is 0.320 e. The minimum absolute atomic E-state index is 0.0230. The molecule has 1 aromatic carbocycles. The number of aromatic nitrogens is 1. The minimum atomic E-state index is -1.36. The summed E-state index contributed by atoms with van der Waals surface area (Å²) in [6.07, 6.45) is 5.91. The number of halogens is 2. The van der Waals surface area contributed by atoms with Gasteiger partial charge >= 0.3 is 11.9 Å². The molecule has 14 nitrogen and oxygen atoms in total. The largest absolute Gasteiger partial charge is 0.493 e. The van der Waals surface area contributed by atoms with Crippen LogP contribution in [-0.2, 0) is 44.6 Å². The molecule has 6 rings (SSSR count). The number of thioether (sulfide) groups is 1. The molecular formula is C49H71Cl2N3O11S. The molecule has 368 valence electrons. The van der Waals surface area contributed by atoms with E-state index in [0.717, 1.165) is 37.8 Å². The number of Topliss-reactive ketones (excluding diaryl/α,β-unsaturated/α-hetero) is 1. The molecule has 1 saturated carbocycles. The van der Waals surface area contributed by atoms with E-state index in [4.69, 9.17) is 56.4 Å². The fourth-order valence-electron chi connectivity index (χ4n) is 10.2. The fraction of sp³-hybridized carbons (Fsp3) is 0.714. The van der Waals surface area contributed by atoms with Crippen molar-refractivity contribution in [2.45, 2.75) is 172 Å². The number of nitrogens with zero attached hydrogens (tertiary/aromatic N) is 2. The number of benzene rings is 1. The first-order valence-electron chi connectivity index (χ1n) is 23.6. The Morgan fingerprint density at radius 3 is 2.35 bits per heavy atom. The molecule has 2 N–H and O–H groups in total. The van der Waals surface area contributed by atoms with E-state index in [0.29, 0.717) is 58.8 Å². The van der Waals surface area contributed by atoms with Crippen molar-refractivity contribution in [3.63, 3.8) is 0 Å². The third-order valence-electron chi connectivity index (χ3n) is 14.5. The number of nitrogens with one attached hydrogen (secondary N) is 1. The number of rotatable bonds is 15. The van der Waals surface area contributed by atoms with Gasteiger partial charge in [-0.05, 0) is 91.8 Å². The van der Waals surface area contributed by atoms with Crippen molar-refractivity contribution in [3.8, 4) is 11.5 Å². The zero-order chi connectivity index (χ0) is 47.9. The molecule has 2 aromatic rings. The van der Waals surface area contributed by atoms with Crippen molar-refractivity contribution in [2.24, 2.45) is 17.8 Å². The van der Waals surface area contributed by atoms with Gasteiger partial charge in [-0.1, -0.05) is 37.0 Å². The molecule has 3 aliphatic heterocycles. The summed E-state index contributed by atoms with van der Waals surface area (Å²) in [5, 5.41) is 15.1. The third-order valence-corrected chi connectivity index (χ3v) is 16.5. The van der Waals surface area contributed by atoms with Gasteiger partial charge in [0.1, 0.15) is 17.1 Å². The van der Waals surface area contributed by atoms with Gasteiger partial charge in [0.05, 0.1) is 53.1 Å². The first kappa shape index (κ1) is 52.5. The van der Waals surface area contributed by atoms with Crippen molar-refractivity contribution in [1.82, 2.24) is 10.3 Å². The SMILES string of the molecule is CC[C@H]1OC(=O)[C@H](C)[C@@H](O)C[C@@H](O[C@H]2C[C@@H](NC)C[C@@H](C)O2)[C@](C)(OC)CCC(=O)C(C)C2C(SCCN(Cc3c(Cl)cncc3Cl)c3ccc(OC)c(OC4CCCC4)c3)C(=O)O[C@@]21C. The molecule has 4 fully saturated rings. The Kier molecular flexibility index (Phi) is 18.4. The second kappa shape index (κ2) is 23.1. The summed E-state index contributed by atoms with van der Waals surface area (Å²) in [7, 11) is 5.09. The molecule has 3 saturated heterocycles. The number of cyclic esters (lactones) is 1. The maximum Gasteiger partial charge on any atom is 0.320 e. The van der Waals surface area contributed by atoms with E-state index >= 15 is 0 Å². The van der Waals surface area contributed by atoms with Gasteiger partial charge in [0.2, 0.25) is 0 Å². The molecular weight excluding hydrogens is 910 g/mol.